The van der Waals surface area contributed by atoms with Crippen LogP contribution in [0.4, 0.5) is 5.69 Å². The molecule has 1 aliphatic rings. The molecule has 4 aromatic rings. The first-order valence-electron chi connectivity index (χ1n) is 12.5. The SMILES string of the molecule is CCN(c1ccc2sc(C(=O)N3CCN(Cc4ccccc4)CC3)cc2c1)S(=O)(=O)c1ccc(C)cc1. The van der Waals surface area contributed by atoms with E-state index in [1.807, 2.05) is 61.2 Å². The fourth-order valence-corrected chi connectivity index (χ4v) is 7.20. The average Bonchev–Trinajstić information content (AvgIpc) is 3.33. The van der Waals surface area contributed by atoms with Crippen molar-refractivity contribution in [3.8, 4) is 0 Å². The van der Waals surface area contributed by atoms with Crippen LogP contribution in [0, 0.1) is 6.92 Å². The number of rotatable bonds is 7. The van der Waals surface area contributed by atoms with Crippen LogP contribution in [0.1, 0.15) is 27.7 Å². The number of piperazine rings is 1. The Morgan fingerprint density at radius 2 is 1.62 bits per heavy atom. The molecule has 1 aliphatic heterocycles. The van der Waals surface area contributed by atoms with Crippen molar-refractivity contribution in [3.05, 3.63) is 94.9 Å². The van der Waals surface area contributed by atoms with E-state index in [9.17, 15) is 13.2 Å². The van der Waals surface area contributed by atoms with Gasteiger partial charge in [-0.15, -0.1) is 11.3 Å². The van der Waals surface area contributed by atoms with Gasteiger partial charge < -0.3 is 4.90 Å². The molecule has 3 aromatic carbocycles. The van der Waals surface area contributed by atoms with Crippen molar-refractivity contribution < 1.29 is 13.2 Å². The van der Waals surface area contributed by atoms with E-state index in [1.165, 1.54) is 21.2 Å². The summed E-state index contributed by atoms with van der Waals surface area (Å²) < 4.78 is 29.1. The van der Waals surface area contributed by atoms with E-state index in [0.717, 1.165) is 35.3 Å². The van der Waals surface area contributed by atoms with Crippen LogP contribution in [0.3, 0.4) is 0 Å². The minimum absolute atomic E-state index is 0.0433. The molecular weight excluding hydrogens is 502 g/mol. The fraction of sp³-hybridized carbons (Fsp3) is 0.276. The first-order chi connectivity index (χ1) is 17.8. The van der Waals surface area contributed by atoms with E-state index in [2.05, 4.69) is 29.2 Å². The molecule has 0 bridgehead atoms. The highest BCUT2D eigenvalue weighted by Gasteiger charge is 2.26. The maximum Gasteiger partial charge on any atom is 0.264 e. The Morgan fingerprint density at radius 3 is 2.30 bits per heavy atom. The van der Waals surface area contributed by atoms with Crippen LogP contribution in [0.15, 0.2) is 83.8 Å². The van der Waals surface area contributed by atoms with Crippen molar-refractivity contribution in [2.24, 2.45) is 0 Å². The van der Waals surface area contributed by atoms with Gasteiger partial charge in [0.15, 0.2) is 0 Å². The summed E-state index contributed by atoms with van der Waals surface area (Å²) in [6, 6.07) is 24.8. The number of nitrogens with zero attached hydrogens (tertiary/aromatic N) is 3. The highest BCUT2D eigenvalue weighted by molar-refractivity contribution is 7.92. The van der Waals surface area contributed by atoms with Gasteiger partial charge >= 0.3 is 0 Å². The molecule has 1 fully saturated rings. The molecular formula is C29H31N3O3S2. The molecule has 6 nitrogen and oxygen atoms in total. The molecule has 1 amide bonds. The van der Waals surface area contributed by atoms with E-state index < -0.39 is 10.0 Å². The molecule has 37 heavy (non-hydrogen) atoms. The number of carbonyl (C=O) groups is 1. The van der Waals surface area contributed by atoms with E-state index in [0.29, 0.717) is 30.2 Å². The summed E-state index contributed by atoms with van der Waals surface area (Å²) in [6.07, 6.45) is 0. The van der Waals surface area contributed by atoms with Gasteiger partial charge in [-0.25, -0.2) is 8.42 Å². The molecule has 0 N–H and O–H groups in total. The first-order valence-corrected chi connectivity index (χ1v) is 14.8. The van der Waals surface area contributed by atoms with Gasteiger partial charge in [-0.2, -0.15) is 0 Å². The lowest BCUT2D eigenvalue weighted by Gasteiger charge is -2.34. The summed E-state index contributed by atoms with van der Waals surface area (Å²) in [5, 5.41) is 0.881. The van der Waals surface area contributed by atoms with Crippen LogP contribution in [0.25, 0.3) is 10.1 Å². The quantitative estimate of drug-likeness (QED) is 0.320. The van der Waals surface area contributed by atoms with Crippen LogP contribution in [-0.4, -0.2) is 56.8 Å². The summed E-state index contributed by atoms with van der Waals surface area (Å²) in [4.78, 5) is 18.6. The molecule has 1 saturated heterocycles. The normalized spacial score (nSPS) is 14.7. The highest BCUT2D eigenvalue weighted by Crippen LogP contribution is 2.32. The minimum Gasteiger partial charge on any atom is -0.335 e. The van der Waals surface area contributed by atoms with Crippen LogP contribution < -0.4 is 4.31 Å². The number of aryl methyl sites for hydroxylation is 1. The zero-order chi connectivity index (χ0) is 26.0. The second kappa shape index (κ2) is 10.7. The number of amides is 1. The van der Waals surface area contributed by atoms with Crippen molar-refractivity contribution in [2.75, 3.05) is 37.0 Å². The number of sulfonamides is 1. The lowest BCUT2D eigenvalue weighted by atomic mass is 10.2. The highest BCUT2D eigenvalue weighted by atomic mass is 32.2. The number of benzene rings is 3. The average molecular weight is 534 g/mol. The van der Waals surface area contributed by atoms with E-state index >= 15 is 0 Å². The molecule has 2 heterocycles. The standard InChI is InChI=1S/C29H31N3O3S2/c1-3-32(37(34,35)26-12-9-22(2)10-13-26)25-11-14-27-24(19-25)20-28(36-27)29(33)31-17-15-30(16-18-31)21-23-7-5-4-6-8-23/h4-14,19-20H,3,15-18,21H2,1-2H3. The van der Waals surface area contributed by atoms with Crippen LogP contribution in [-0.2, 0) is 16.6 Å². The van der Waals surface area contributed by atoms with Crippen LogP contribution >= 0.6 is 11.3 Å². The smallest absolute Gasteiger partial charge is 0.264 e. The second-order valence-corrected chi connectivity index (χ2v) is 12.3. The van der Waals surface area contributed by atoms with Gasteiger partial charge in [0.1, 0.15) is 0 Å². The molecule has 5 rings (SSSR count). The third-order valence-corrected chi connectivity index (χ3v) is 9.82. The number of thiophene rings is 1. The van der Waals surface area contributed by atoms with Gasteiger partial charge in [-0.1, -0.05) is 48.0 Å². The minimum atomic E-state index is -3.69. The molecule has 1 aromatic heterocycles. The van der Waals surface area contributed by atoms with E-state index in [-0.39, 0.29) is 10.8 Å². The van der Waals surface area contributed by atoms with Gasteiger partial charge in [-0.3, -0.25) is 14.0 Å². The molecule has 0 saturated carbocycles. The maximum atomic E-state index is 13.3. The Bertz CT molecular complexity index is 1490. The van der Waals surface area contributed by atoms with Gasteiger partial charge in [0.2, 0.25) is 0 Å². The molecule has 8 heteroatoms. The molecule has 0 unspecified atom stereocenters. The lowest BCUT2D eigenvalue weighted by Crippen LogP contribution is -2.48. The lowest BCUT2D eigenvalue weighted by molar-refractivity contribution is 0.0633. The number of carbonyl (C=O) groups excluding carboxylic acids is 1. The number of hydrogen-bond acceptors (Lipinski definition) is 5. The molecule has 0 atom stereocenters. The number of fused-ring (bicyclic) bond motifs is 1. The first kappa shape index (κ1) is 25.4. The van der Waals surface area contributed by atoms with Gasteiger partial charge in [0.05, 0.1) is 15.5 Å². The summed E-state index contributed by atoms with van der Waals surface area (Å²) in [5.74, 6) is 0.0433. The monoisotopic (exact) mass is 533 g/mol. The Kier molecular flexibility index (Phi) is 7.33. The number of hydrogen-bond donors (Lipinski definition) is 0. The summed E-state index contributed by atoms with van der Waals surface area (Å²) >= 11 is 1.46. The van der Waals surface area contributed by atoms with Crippen molar-refractivity contribution in [2.45, 2.75) is 25.3 Å². The van der Waals surface area contributed by atoms with Crippen molar-refractivity contribution >= 4 is 43.0 Å². The Labute approximate surface area is 222 Å². The van der Waals surface area contributed by atoms with Crippen molar-refractivity contribution in [3.63, 3.8) is 0 Å². The fourth-order valence-electron chi connectivity index (χ4n) is 4.73. The Hall–Kier alpha value is -3.20. The summed E-state index contributed by atoms with van der Waals surface area (Å²) in [6.45, 7) is 8.06. The topological polar surface area (TPSA) is 60.9 Å². The van der Waals surface area contributed by atoms with Crippen molar-refractivity contribution in [1.82, 2.24) is 9.80 Å². The van der Waals surface area contributed by atoms with Gasteiger partial charge in [0, 0.05) is 44.0 Å². The third-order valence-electron chi connectivity index (χ3n) is 6.80. The van der Waals surface area contributed by atoms with Gasteiger partial charge in [-0.05, 0) is 61.2 Å². The van der Waals surface area contributed by atoms with Crippen LogP contribution in [0.2, 0.25) is 0 Å². The Morgan fingerprint density at radius 1 is 0.919 bits per heavy atom. The molecule has 0 spiro atoms. The Balaban J connectivity index is 1.30. The predicted octanol–water partition coefficient (Wildman–Crippen LogP) is 5.38. The number of anilines is 1. The second-order valence-electron chi connectivity index (χ2n) is 9.37. The third kappa shape index (κ3) is 5.42. The zero-order valence-corrected chi connectivity index (χ0v) is 22.8. The summed E-state index contributed by atoms with van der Waals surface area (Å²) in [5.41, 5.74) is 2.89. The van der Waals surface area contributed by atoms with E-state index in [4.69, 9.17) is 0 Å². The maximum absolute atomic E-state index is 13.3. The van der Waals surface area contributed by atoms with Crippen molar-refractivity contribution in [1.29, 1.82) is 0 Å². The van der Waals surface area contributed by atoms with Crippen LogP contribution in [0.5, 0.6) is 0 Å². The van der Waals surface area contributed by atoms with Gasteiger partial charge in [0.25, 0.3) is 15.9 Å². The molecule has 0 aliphatic carbocycles. The van der Waals surface area contributed by atoms with E-state index in [1.54, 1.807) is 12.1 Å². The predicted molar refractivity (Wildman–Crippen MR) is 151 cm³/mol. The summed E-state index contributed by atoms with van der Waals surface area (Å²) in [7, 11) is -3.69. The molecule has 192 valence electrons. The zero-order valence-electron chi connectivity index (χ0n) is 21.1. The molecule has 0 radical (unpaired) electrons. The largest absolute Gasteiger partial charge is 0.335 e.